The van der Waals surface area contributed by atoms with Crippen LogP contribution in [0.5, 0.6) is 0 Å². The molecule has 1 heterocycles. The summed E-state index contributed by atoms with van der Waals surface area (Å²) < 4.78 is 18.7. The van der Waals surface area contributed by atoms with Crippen molar-refractivity contribution in [2.24, 2.45) is 0 Å². The number of aryl methyl sites for hydroxylation is 1. The maximum Gasteiger partial charge on any atom is 0.198 e. The van der Waals surface area contributed by atoms with Crippen LogP contribution in [0.2, 0.25) is 5.22 Å². The molecule has 0 radical (unpaired) electrons. The zero-order valence-corrected chi connectivity index (χ0v) is 11.1. The van der Waals surface area contributed by atoms with E-state index in [0.29, 0.717) is 10.8 Å². The molecule has 4 heteroatoms. The maximum absolute atomic E-state index is 13.6. The van der Waals surface area contributed by atoms with Gasteiger partial charge in [-0.05, 0) is 48.3 Å². The number of benzene rings is 1. The lowest BCUT2D eigenvalue weighted by atomic mass is 9.99. The van der Waals surface area contributed by atoms with Gasteiger partial charge in [0, 0.05) is 5.56 Å². The highest BCUT2D eigenvalue weighted by atomic mass is 35.5. The number of nitrogens with one attached hydrogen (secondary N) is 1. The fraction of sp³-hybridized carbons (Fsp3) is 0.286. The van der Waals surface area contributed by atoms with Crippen LogP contribution in [0, 0.1) is 12.7 Å². The van der Waals surface area contributed by atoms with E-state index in [1.54, 1.807) is 19.1 Å². The van der Waals surface area contributed by atoms with E-state index < -0.39 is 0 Å². The SMILES string of the molecule is CCNC(c1ccc(C)c(F)c1)c1ccoc1Cl. The minimum absolute atomic E-state index is 0.156. The van der Waals surface area contributed by atoms with E-state index in [-0.39, 0.29) is 11.9 Å². The molecule has 2 aromatic rings. The first-order valence-electron chi connectivity index (χ1n) is 5.85. The molecular weight excluding hydrogens is 253 g/mol. The van der Waals surface area contributed by atoms with E-state index in [9.17, 15) is 4.39 Å². The second kappa shape index (κ2) is 5.55. The second-order valence-corrected chi connectivity index (χ2v) is 4.49. The van der Waals surface area contributed by atoms with Crippen LogP contribution in [0.1, 0.15) is 29.7 Å². The number of hydrogen-bond acceptors (Lipinski definition) is 2. The Morgan fingerprint density at radius 1 is 1.39 bits per heavy atom. The van der Waals surface area contributed by atoms with Gasteiger partial charge in [0.05, 0.1) is 12.3 Å². The molecule has 0 spiro atoms. The van der Waals surface area contributed by atoms with Crippen LogP contribution in [0.25, 0.3) is 0 Å². The Kier molecular flexibility index (Phi) is 4.04. The molecule has 2 nitrogen and oxygen atoms in total. The molecule has 0 bridgehead atoms. The summed E-state index contributed by atoms with van der Waals surface area (Å²) >= 11 is 5.99. The van der Waals surface area contributed by atoms with Gasteiger partial charge in [0.15, 0.2) is 5.22 Å². The van der Waals surface area contributed by atoms with Gasteiger partial charge in [0.1, 0.15) is 5.82 Å². The predicted octanol–water partition coefficient (Wildman–Crippen LogP) is 4.08. The lowest BCUT2D eigenvalue weighted by Gasteiger charge is -2.18. The standard InChI is InChI=1S/C14H15ClFNO/c1-3-17-13(11-6-7-18-14(11)15)10-5-4-9(2)12(16)8-10/h4-8,13,17H,3H2,1-2H3. The van der Waals surface area contributed by atoms with Crippen molar-refractivity contribution in [1.29, 1.82) is 0 Å². The normalized spacial score (nSPS) is 12.7. The Labute approximate surface area is 111 Å². The van der Waals surface area contributed by atoms with Crippen molar-refractivity contribution in [2.45, 2.75) is 19.9 Å². The first-order chi connectivity index (χ1) is 8.63. The average molecular weight is 268 g/mol. The van der Waals surface area contributed by atoms with Crippen LogP contribution in [-0.2, 0) is 0 Å². The molecule has 18 heavy (non-hydrogen) atoms. The van der Waals surface area contributed by atoms with Crippen molar-refractivity contribution in [2.75, 3.05) is 6.54 Å². The molecule has 0 fully saturated rings. The molecule has 1 atom stereocenters. The fourth-order valence-corrected chi connectivity index (χ4v) is 2.13. The van der Waals surface area contributed by atoms with Crippen LogP contribution < -0.4 is 5.32 Å². The third-order valence-electron chi connectivity index (χ3n) is 2.89. The van der Waals surface area contributed by atoms with Crippen LogP contribution >= 0.6 is 11.6 Å². The number of furan rings is 1. The molecule has 1 unspecified atom stereocenters. The largest absolute Gasteiger partial charge is 0.453 e. The Morgan fingerprint density at radius 2 is 2.17 bits per heavy atom. The summed E-state index contributed by atoms with van der Waals surface area (Å²) in [6.45, 7) is 4.49. The van der Waals surface area contributed by atoms with Crippen molar-refractivity contribution < 1.29 is 8.81 Å². The summed E-state index contributed by atoms with van der Waals surface area (Å²) in [5.41, 5.74) is 2.29. The lowest BCUT2D eigenvalue weighted by molar-refractivity contribution is 0.553. The summed E-state index contributed by atoms with van der Waals surface area (Å²) in [7, 11) is 0. The van der Waals surface area contributed by atoms with Crippen LogP contribution in [-0.4, -0.2) is 6.54 Å². The first kappa shape index (κ1) is 13.1. The molecule has 0 aliphatic carbocycles. The molecule has 0 aliphatic rings. The summed E-state index contributed by atoms with van der Waals surface area (Å²) in [6.07, 6.45) is 1.53. The minimum Gasteiger partial charge on any atom is -0.453 e. The Morgan fingerprint density at radius 3 is 2.72 bits per heavy atom. The molecule has 96 valence electrons. The van der Waals surface area contributed by atoms with E-state index in [1.165, 1.54) is 12.3 Å². The van der Waals surface area contributed by atoms with E-state index in [4.69, 9.17) is 16.0 Å². The molecule has 0 amide bonds. The van der Waals surface area contributed by atoms with Crippen molar-refractivity contribution >= 4 is 11.6 Å². The van der Waals surface area contributed by atoms with Crippen LogP contribution in [0.3, 0.4) is 0 Å². The van der Waals surface area contributed by atoms with E-state index in [2.05, 4.69) is 5.32 Å². The highest BCUT2D eigenvalue weighted by Crippen LogP contribution is 2.29. The molecule has 1 aromatic carbocycles. The van der Waals surface area contributed by atoms with E-state index in [0.717, 1.165) is 17.7 Å². The third-order valence-corrected chi connectivity index (χ3v) is 3.20. The van der Waals surface area contributed by atoms with E-state index in [1.807, 2.05) is 13.0 Å². The van der Waals surface area contributed by atoms with Crippen molar-refractivity contribution in [3.8, 4) is 0 Å². The summed E-state index contributed by atoms with van der Waals surface area (Å²) in [5, 5.41) is 3.61. The monoisotopic (exact) mass is 267 g/mol. The first-order valence-corrected chi connectivity index (χ1v) is 6.23. The lowest BCUT2D eigenvalue weighted by Crippen LogP contribution is -2.22. The maximum atomic E-state index is 13.6. The minimum atomic E-state index is -0.213. The molecule has 0 saturated carbocycles. The Balaban J connectivity index is 2.41. The van der Waals surface area contributed by atoms with Crippen molar-refractivity contribution in [3.63, 3.8) is 0 Å². The fourth-order valence-electron chi connectivity index (χ4n) is 1.91. The van der Waals surface area contributed by atoms with Crippen LogP contribution in [0.15, 0.2) is 34.9 Å². The molecule has 0 saturated heterocycles. The molecule has 1 N–H and O–H groups in total. The zero-order valence-electron chi connectivity index (χ0n) is 10.3. The van der Waals surface area contributed by atoms with Gasteiger partial charge in [-0.1, -0.05) is 19.1 Å². The quantitative estimate of drug-likeness (QED) is 0.903. The van der Waals surface area contributed by atoms with Crippen LogP contribution in [0.4, 0.5) is 4.39 Å². The average Bonchev–Trinajstić information content (AvgIpc) is 2.76. The number of rotatable bonds is 4. The molecular formula is C14H15ClFNO. The molecule has 0 aliphatic heterocycles. The van der Waals surface area contributed by atoms with Gasteiger partial charge < -0.3 is 9.73 Å². The topological polar surface area (TPSA) is 25.2 Å². The van der Waals surface area contributed by atoms with E-state index >= 15 is 0 Å². The Bertz CT molecular complexity index is 538. The highest BCUT2D eigenvalue weighted by molar-refractivity contribution is 6.29. The van der Waals surface area contributed by atoms with Gasteiger partial charge in [-0.2, -0.15) is 0 Å². The summed E-state index contributed by atoms with van der Waals surface area (Å²) in [5.74, 6) is -0.213. The Hall–Kier alpha value is -1.32. The number of halogens is 2. The van der Waals surface area contributed by atoms with Gasteiger partial charge in [0.2, 0.25) is 0 Å². The third kappa shape index (κ3) is 2.57. The van der Waals surface area contributed by atoms with Gasteiger partial charge in [0.25, 0.3) is 0 Å². The molecule has 1 aromatic heterocycles. The van der Waals surface area contributed by atoms with Gasteiger partial charge in [-0.15, -0.1) is 0 Å². The van der Waals surface area contributed by atoms with Crippen molar-refractivity contribution in [3.05, 3.63) is 58.3 Å². The van der Waals surface area contributed by atoms with Gasteiger partial charge in [-0.3, -0.25) is 0 Å². The smallest absolute Gasteiger partial charge is 0.198 e. The van der Waals surface area contributed by atoms with Gasteiger partial charge >= 0.3 is 0 Å². The van der Waals surface area contributed by atoms with Crippen molar-refractivity contribution in [1.82, 2.24) is 5.32 Å². The summed E-state index contributed by atoms with van der Waals surface area (Å²) in [4.78, 5) is 0. The second-order valence-electron chi connectivity index (χ2n) is 4.15. The van der Waals surface area contributed by atoms with Gasteiger partial charge in [-0.25, -0.2) is 4.39 Å². The summed E-state index contributed by atoms with van der Waals surface area (Å²) in [6, 6.07) is 6.84. The predicted molar refractivity (Wildman–Crippen MR) is 70.4 cm³/mol. The molecule has 2 rings (SSSR count). The zero-order chi connectivity index (χ0) is 13.1. The highest BCUT2D eigenvalue weighted by Gasteiger charge is 2.18. The number of hydrogen-bond donors (Lipinski definition) is 1.